The lowest BCUT2D eigenvalue weighted by Crippen LogP contribution is -2.31. The summed E-state index contributed by atoms with van der Waals surface area (Å²) in [5.41, 5.74) is 1.91. The topological polar surface area (TPSA) is 74.2 Å². The quantitative estimate of drug-likeness (QED) is 0.665. The first-order valence-corrected chi connectivity index (χ1v) is 8.54. The molecule has 1 atom stereocenters. The molecule has 2 N–H and O–H groups in total. The summed E-state index contributed by atoms with van der Waals surface area (Å²) in [6, 6.07) is 25.4. The zero-order valence-corrected chi connectivity index (χ0v) is 14.8. The van der Waals surface area contributed by atoms with Gasteiger partial charge in [0.2, 0.25) is 5.91 Å². The van der Waals surface area contributed by atoms with Crippen molar-refractivity contribution in [2.45, 2.75) is 13.0 Å². The first kappa shape index (κ1) is 18.0. The molecule has 5 nitrogen and oxygen atoms in total. The van der Waals surface area contributed by atoms with Crippen LogP contribution < -0.4 is 15.4 Å². The van der Waals surface area contributed by atoms with E-state index in [4.69, 9.17) is 10.00 Å². The number of hydrogen-bond donors (Lipinski definition) is 2. The molecule has 0 saturated carbocycles. The molecule has 0 saturated heterocycles. The molecular formula is C22H19N3O2. The van der Waals surface area contributed by atoms with Gasteiger partial charge in [0.1, 0.15) is 17.5 Å². The van der Waals surface area contributed by atoms with E-state index >= 15 is 0 Å². The highest BCUT2D eigenvalue weighted by Crippen LogP contribution is 2.23. The molecule has 3 aromatic rings. The van der Waals surface area contributed by atoms with Crippen LogP contribution in [0.5, 0.6) is 11.5 Å². The summed E-state index contributed by atoms with van der Waals surface area (Å²) < 4.78 is 5.75. The van der Waals surface area contributed by atoms with Gasteiger partial charge in [0.25, 0.3) is 0 Å². The molecule has 27 heavy (non-hydrogen) atoms. The van der Waals surface area contributed by atoms with Crippen molar-refractivity contribution >= 4 is 17.3 Å². The van der Waals surface area contributed by atoms with E-state index in [1.807, 2.05) is 54.6 Å². The lowest BCUT2D eigenvalue weighted by molar-refractivity contribution is -0.116. The summed E-state index contributed by atoms with van der Waals surface area (Å²) in [6.07, 6.45) is 0. The lowest BCUT2D eigenvalue weighted by atomic mass is 10.2. The highest BCUT2D eigenvalue weighted by Gasteiger charge is 2.13. The summed E-state index contributed by atoms with van der Waals surface area (Å²) in [7, 11) is 0. The molecule has 1 amide bonds. The van der Waals surface area contributed by atoms with E-state index in [-0.39, 0.29) is 5.91 Å². The fourth-order valence-electron chi connectivity index (χ4n) is 2.48. The van der Waals surface area contributed by atoms with Crippen molar-refractivity contribution in [3.8, 4) is 17.6 Å². The van der Waals surface area contributed by atoms with Crippen LogP contribution in [0.15, 0.2) is 78.9 Å². The number of nitriles is 1. The average molecular weight is 357 g/mol. The van der Waals surface area contributed by atoms with Crippen LogP contribution in [0.25, 0.3) is 0 Å². The van der Waals surface area contributed by atoms with Crippen molar-refractivity contribution in [3.05, 3.63) is 84.4 Å². The third kappa shape index (κ3) is 5.10. The highest BCUT2D eigenvalue weighted by atomic mass is 16.5. The molecule has 3 rings (SSSR count). The SMILES string of the molecule is CC(Nc1ccc(Oc2ccccc2)cc1)C(=O)Nc1cccc(C#N)c1. The standard InChI is InChI=1S/C22H19N3O2/c1-16(22(26)25-19-7-5-6-17(14-19)15-23)24-18-10-12-21(13-11-18)27-20-8-3-2-4-9-20/h2-14,16,24H,1H3,(H,25,26). The number of nitrogens with one attached hydrogen (secondary N) is 2. The molecule has 0 aliphatic rings. The largest absolute Gasteiger partial charge is 0.457 e. The summed E-state index contributed by atoms with van der Waals surface area (Å²) in [6.45, 7) is 1.78. The number of amides is 1. The second-order valence-corrected chi connectivity index (χ2v) is 5.99. The molecule has 0 heterocycles. The fraction of sp³-hybridized carbons (Fsp3) is 0.0909. The number of carbonyl (C=O) groups is 1. The van der Waals surface area contributed by atoms with Gasteiger partial charge >= 0.3 is 0 Å². The second-order valence-electron chi connectivity index (χ2n) is 5.99. The van der Waals surface area contributed by atoms with Crippen molar-refractivity contribution in [2.24, 2.45) is 0 Å². The Morgan fingerprint density at radius 3 is 2.33 bits per heavy atom. The molecule has 0 bridgehead atoms. The molecule has 0 aliphatic carbocycles. The zero-order chi connectivity index (χ0) is 19.1. The second kappa shape index (κ2) is 8.54. The summed E-state index contributed by atoms with van der Waals surface area (Å²) in [4.78, 5) is 12.3. The predicted octanol–water partition coefficient (Wildman–Crippen LogP) is 4.79. The fourth-order valence-corrected chi connectivity index (χ4v) is 2.48. The molecule has 134 valence electrons. The maximum atomic E-state index is 12.3. The maximum absolute atomic E-state index is 12.3. The van der Waals surface area contributed by atoms with Gasteiger partial charge in [-0.15, -0.1) is 0 Å². The smallest absolute Gasteiger partial charge is 0.246 e. The monoisotopic (exact) mass is 357 g/mol. The van der Waals surface area contributed by atoms with Gasteiger partial charge in [0.05, 0.1) is 11.6 Å². The highest BCUT2D eigenvalue weighted by molar-refractivity contribution is 5.96. The number of hydrogen-bond acceptors (Lipinski definition) is 4. The van der Waals surface area contributed by atoms with E-state index in [1.54, 1.807) is 31.2 Å². The van der Waals surface area contributed by atoms with E-state index in [0.29, 0.717) is 11.3 Å². The Morgan fingerprint density at radius 2 is 1.63 bits per heavy atom. The Bertz CT molecular complexity index is 947. The van der Waals surface area contributed by atoms with Crippen molar-refractivity contribution < 1.29 is 9.53 Å². The summed E-state index contributed by atoms with van der Waals surface area (Å²) in [5.74, 6) is 1.30. The van der Waals surface area contributed by atoms with Gasteiger partial charge in [-0.2, -0.15) is 5.26 Å². The minimum absolute atomic E-state index is 0.185. The van der Waals surface area contributed by atoms with Crippen LogP contribution in [-0.4, -0.2) is 11.9 Å². The zero-order valence-electron chi connectivity index (χ0n) is 14.8. The number of anilines is 2. The Labute approximate surface area is 158 Å². The van der Waals surface area contributed by atoms with Gasteiger partial charge in [-0.1, -0.05) is 24.3 Å². The third-order valence-corrected chi connectivity index (χ3v) is 3.87. The van der Waals surface area contributed by atoms with Crippen molar-refractivity contribution in [1.82, 2.24) is 0 Å². The van der Waals surface area contributed by atoms with Crippen LogP contribution in [0.1, 0.15) is 12.5 Å². The summed E-state index contributed by atoms with van der Waals surface area (Å²) >= 11 is 0. The van der Waals surface area contributed by atoms with Gasteiger partial charge in [0, 0.05) is 11.4 Å². The van der Waals surface area contributed by atoms with E-state index in [1.165, 1.54) is 0 Å². The van der Waals surface area contributed by atoms with Crippen molar-refractivity contribution in [1.29, 1.82) is 5.26 Å². The molecule has 0 aliphatic heterocycles. The first-order valence-electron chi connectivity index (χ1n) is 8.54. The lowest BCUT2D eigenvalue weighted by Gasteiger charge is -2.16. The van der Waals surface area contributed by atoms with Crippen molar-refractivity contribution in [2.75, 3.05) is 10.6 Å². The van der Waals surface area contributed by atoms with Crippen LogP contribution in [0.4, 0.5) is 11.4 Å². The Kier molecular flexibility index (Phi) is 5.70. The van der Waals surface area contributed by atoms with E-state index in [0.717, 1.165) is 17.2 Å². The minimum Gasteiger partial charge on any atom is -0.457 e. The number of nitrogens with zero attached hydrogens (tertiary/aromatic N) is 1. The Morgan fingerprint density at radius 1 is 0.926 bits per heavy atom. The van der Waals surface area contributed by atoms with Crippen LogP contribution in [0.3, 0.4) is 0 Å². The number of carbonyl (C=O) groups excluding carboxylic acids is 1. The van der Waals surface area contributed by atoms with E-state index < -0.39 is 6.04 Å². The molecule has 1 unspecified atom stereocenters. The maximum Gasteiger partial charge on any atom is 0.246 e. The summed E-state index contributed by atoms with van der Waals surface area (Å²) in [5, 5.41) is 14.9. The Hall–Kier alpha value is -3.78. The molecule has 0 spiro atoms. The van der Waals surface area contributed by atoms with Crippen LogP contribution >= 0.6 is 0 Å². The molecule has 0 fully saturated rings. The van der Waals surface area contributed by atoms with Gasteiger partial charge in [0.15, 0.2) is 0 Å². The average Bonchev–Trinajstić information content (AvgIpc) is 2.70. The predicted molar refractivity (Wildman–Crippen MR) is 106 cm³/mol. The number of benzene rings is 3. The minimum atomic E-state index is -0.448. The van der Waals surface area contributed by atoms with Crippen LogP contribution in [0, 0.1) is 11.3 Å². The third-order valence-electron chi connectivity index (χ3n) is 3.87. The molecule has 0 aromatic heterocycles. The molecule has 3 aromatic carbocycles. The van der Waals surface area contributed by atoms with Gasteiger partial charge in [-0.05, 0) is 61.5 Å². The van der Waals surface area contributed by atoms with Crippen molar-refractivity contribution in [3.63, 3.8) is 0 Å². The number of para-hydroxylation sites is 1. The molecule has 5 heteroatoms. The van der Waals surface area contributed by atoms with Gasteiger partial charge in [-0.25, -0.2) is 0 Å². The normalized spacial score (nSPS) is 11.1. The van der Waals surface area contributed by atoms with Gasteiger partial charge < -0.3 is 15.4 Å². The van der Waals surface area contributed by atoms with Gasteiger partial charge in [-0.3, -0.25) is 4.79 Å². The van der Waals surface area contributed by atoms with E-state index in [2.05, 4.69) is 16.7 Å². The Balaban J connectivity index is 1.57. The van der Waals surface area contributed by atoms with E-state index in [9.17, 15) is 4.79 Å². The first-order chi connectivity index (χ1) is 13.1. The molecular weight excluding hydrogens is 338 g/mol. The number of rotatable bonds is 6. The van der Waals surface area contributed by atoms with Crippen LogP contribution in [0.2, 0.25) is 0 Å². The van der Waals surface area contributed by atoms with Crippen LogP contribution in [-0.2, 0) is 4.79 Å². The number of ether oxygens (including phenoxy) is 1. The molecule has 0 radical (unpaired) electrons.